The van der Waals surface area contributed by atoms with E-state index in [1.54, 1.807) is 0 Å². The summed E-state index contributed by atoms with van der Waals surface area (Å²) in [7, 11) is 0. The van der Waals surface area contributed by atoms with E-state index in [1.165, 1.54) is 12.8 Å². The zero-order valence-electron chi connectivity index (χ0n) is 14.3. The van der Waals surface area contributed by atoms with Crippen molar-refractivity contribution in [2.45, 2.75) is 53.1 Å². The van der Waals surface area contributed by atoms with Gasteiger partial charge in [-0.05, 0) is 69.2 Å². The average Bonchev–Trinajstić information content (AvgIpc) is 2.46. The summed E-state index contributed by atoms with van der Waals surface area (Å²) in [5.41, 5.74) is 0.765. The Labute approximate surface area is 134 Å². The lowest BCUT2D eigenvalue weighted by atomic mass is 9.89. The third-order valence-electron chi connectivity index (χ3n) is 4.08. The summed E-state index contributed by atoms with van der Waals surface area (Å²) >= 11 is 0. The van der Waals surface area contributed by atoms with Crippen LogP contribution < -0.4 is 4.74 Å². The summed E-state index contributed by atoms with van der Waals surface area (Å²) < 4.78 is 5.63. The largest absolute Gasteiger partial charge is 0.491 e. The molecule has 3 heteroatoms. The maximum atomic E-state index is 12.6. The Balaban J connectivity index is 1.98. The first-order valence-corrected chi connectivity index (χ1v) is 8.51. The summed E-state index contributed by atoms with van der Waals surface area (Å²) in [5, 5.41) is 0. The van der Waals surface area contributed by atoms with Crippen molar-refractivity contribution in [2.75, 3.05) is 13.1 Å². The quantitative estimate of drug-likeness (QED) is 0.808. The van der Waals surface area contributed by atoms with Gasteiger partial charge in [0.2, 0.25) is 0 Å². The molecule has 0 N–H and O–H groups in total. The highest BCUT2D eigenvalue weighted by Crippen LogP contribution is 2.24. The first-order valence-electron chi connectivity index (χ1n) is 8.51. The molecule has 0 saturated carbocycles. The van der Waals surface area contributed by atoms with Crippen LogP contribution in [0, 0.1) is 11.8 Å². The Morgan fingerprint density at radius 1 is 1.23 bits per heavy atom. The molecule has 1 amide bonds. The van der Waals surface area contributed by atoms with E-state index in [0.717, 1.165) is 30.8 Å². The van der Waals surface area contributed by atoms with Gasteiger partial charge in [-0.3, -0.25) is 4.79 Å². The van der Waals surface area contributed by atoms with E-state index in [0.29, 0.717) is 11.8 Å². The van der Waals surface area contributed by atoms with Gasteiger partial charge >= 0.3 is 0 Å². The molecule has 1 aromatic rings. The van der Waals surface area contributed by atoms with Crippen LogP contribution in [0.15, 0.2) is 24.3 Å². The van der Waals surface area contributed by atoms with Crippen molar-refractivity contribution < 1.29 is 9.53 Å². The maximum absolute atomic E-state index is 12.6. The predicted molar refractivity (Wildman–Crippen MR) is 90.3 cm³/mol. The van der Waals surface area contributed by atoms with Crippen molar-refractivity contribution >= 4 is 5.91 Å². The molecule has 22 heavy (non-hydrogen) atoms. The van der Waals surface area contributed by atoms with Gasteiger partial charge in [-0.1, -0.05) is 13.8 Å². The Hall–Kier alpha value is -1.51. The molecule has 0 aromatic heterocycles. The highest BCUT2D eigenvalue weighted by molar-refractivity contribution is 5.94. The fourth-order valence-corrected chi connectivity index (χ4v) is 3.24. The number of hydrogen-bond acceptors (Lipinski definition) is 2. The van der Waals surface area contributed by atoms with Gasteiger partial charge in [-0.2, -0.15) is 0 Å². The molecule has 3 nitrogen and oxygen atoms in total. The van der Waals surface area contributed by atoms with Crippen LogP contribution in [0.4, 0.5) is 0 Å². The third-order valence-corrected chi connectivity index (χ3v) is 4.08. The Morgan fingerprint density at radius 2 is 1.91 bits per heavy atom. The van der Waals surface area contributed by atoms with Crippen molar-refractivity contribution in [3.05, 3.63) is 29.8 Å². The van der Waals surface area contributed by atoms with Crippen molar-refractivity contribution in [2.24, 2.45) is 11.8 Å². The minimum atomic E-state index is 0.153. The number of nitrogens with zero attached hydrogens (tertiary/aromatic N) is 1. The number of amides is 1. The van der Waals surface area contributed by atoms with Crippen LogP contribution in [0.3, 0.4) is 0 Å². The van der Waals surface area contributed by atoms with Crippen LogP contribution in [-0.2, 0) is 0 Å². The molecule has 1 fully saturated rings. The SMILES string of the molecule is CC(C)CC1CCCN(C(=O)c2ccc(OC(C)C)cc2)C1. The van der Waals surface area contributed by atoms with Crippen LogP contribution >= 0.6 is 0 Å². The highest BCUT2D eigenvalue weighted by Gasteiger charge is 2.24. The summed E-state index contributed by atoms with van der Waals surface area (Å²) in [6.45, 7) is 10.3. The Morgan fingerprint density at radius 3 is 2.50 bits per heavy atom. The second-order valence-electron chi connectivity index (χ2n) is 7.08. The smallest absolute Gasteiger partial charge is 0.253 e. The van der Waals surface area contributed by atoms with Gasteiger partial charge < -0.3 is 9.64 Å². The van der Waals surface area contributed by atoms with Gasteiger partial charge in [0.15, 0.2) is 0 Å². The van der Waals surface area contributed by atoms with Crippen LogP contribution in [0.25, 0.3) is 0 Å². The second kappa shape index (κ2) is 7.66. The molecule has 122 valence electrons. The molecule has 1 aromatic carbocycles. The Kier molecular flexibility index (Phi) is 5.87. The molecular weight excluding hydrogens is 274 g/mol. The fourth-order valence-electron chi connectivity index (χ4n) is 3.24. The molecule has 1 saturated heterocycles. The average molecular weight is 303 g/mol. The lowest BCUT2D eigenvalue weighted by Gasteiger charge is -2.33. The normalized spacial score (nSPS) is 18.8. The molecule has 0 bridgehead atoms. The first-order chi connectivity index (χ1) is 10.5. The highest BCUT2D eigenvalue weighted by atomic mass is 16.5. The van der Waals surface area contributed by atoms with Crippen molar-refractivity contribution in [3.63, 3.8) is 0 Å². The van der Waals surface area contributed by atoms with E-state index in [2.05, 4.69) is 13.8 Å². The number of carbonyl (C=O) groups is 1. The molecule has 1 aliphatic rings. The standard InChI is InChI=1S/C19H29NO2/c1-14(2)12-16-6-5-11-20(13-16)19(21)17-7-9-18(10-8-17)22-15(3)4/h7-10,14-16H,5-6,11-13H2,1-4H3. The van der Waals surface area contributed by atoms with Gasteiger partial charge in [0.25, 0.3) is 5.91 Å². The van der Waals surface area contributed by atoms with Crippen molar-refractivity contribution in [1.29, 1.82) is 0 Å². The number of piperidine rings is 1. The molecule has 1 unspecified atom stereocenters. The van der Waals surface area contributed by atoms with E-state index in [9.17, 15) is 4.79 Å². The van der Waals surface area contributed by atoms with Gasteiger partial charge in [-0.25, -0.2) is 0 Å². The van der Waals surface area contributed by atoms with E-state index in [-0.39, 0.29) is 12.0 Å². The second-order valence-corrected chi connectivity index (χ2v) is 7.08. The number of carbonyl (C=O) groups excluding carboxylic acids is 1. The minimum Gasteiger partial charge on any atom is -0.491 e. The molecule has 2 rings (SSSR count). The molecule has 0 spiro atoms. The lowest BCUT2D eigenvalue weighted by molar-refractivity contribution is 0.0659. The summed E-state index contributed by atoms with van der Waals surface area (Å²) in [4.78, 5) is 14.7. The summed E-state index contributed by atoms with van der Waals surface area (Å²) in [6.07, 6.45) is 3.74. The first kappa shape index (κ1) is 16.9. The lowest BCUT2D eigenvalue weighted by Crippen LogP contribution is -2.40. The minimum absolute atomic E-state index is 0.153. The molecule has 0 aliphatic carbocycles. The molecule has 0 radical (unpaired) electrons. The monoisotopic (exact) mass is 303 g/mol. The summed E-state index contributed by atoms with van der Waals surface area (Å²) in [5.74, 6) is 2.33. The van der Waals surface area contributed by atoms with E-state index < -0.39 is 0 Å². The van der Waals surface area contributed by atoms with Gasteiger partial charge in [0.05, 0.1) is 6.10 Å². The van der Waals surface area contributed by atoms with Crippen molar-refractivity contribution in [1.82, 2.24) is 4.90 Å². The number of ether oxygens (including phenoxy) is 1. The van der Waals surface area contributed by atoms with Crippen LogP contribution in [-0.4, -0.2) is 30.0 Å². The van der Waals surface area contributed by atoms with Gasteiger partial charge in [-0.15, -0.1) is 0 Å². The maximum Gasteiger partial charge on any atom is 0.253 e. The van der Waals surface area contributed by atoms with E-state index in [4.69, 9.17) is 4.74 Å². The van der Waals surface area contributed by atoms with Crippen LogP contribution in [0.5, 0.6) is 5.75 Å². The van der Waals surface area contributed by atoms with E-state index in [1.807, 2.05) is 43.0 Å². The Bertz CT molecular complexity index is 479. The van der Waals surface area contributed by atoms with Crippen LogP contribution in [0.2, 0.25) is 0 Å². The van der Waals surface area contributed by atoms with Crippen LogP contribution in [0.1, 0.15) is 57.3 Å². The van der Waals surface area contributed by atoms with Gasteiger partial charge in [0.1, 0.15) is 5.75 Å². The molecular formula is C19H29NO2. The molecule has 1 heterocycles. The van der Waals surface area contributed by atoms with Gasteiger partial charge in [0, 0.05) is 18.7 Å². The van der Waals surface area contributed by atoms with Crippen molar-refractivity contribution in [3.8, 4) is 5.75 Å². The number of hydrogen-bond donors (Lipinski definition) is 0. The molecule has 1 atom stereocenters. The number of likely N-dealkylation sites (tertiary alicyclic amines) is 1. The third kappa shape index (κ3) is 4.75. The predicted octanol–water partition coefficient (Wildman–Crippen LogP) is 4.37. The zero-order chi connectivity index (χ0) is 16.1. The summed E-state index contributed by atoms with van der Waals surface area (Å²) in [6, 6.07) is 7.55. The molecule has 1 aliphatic heterocycles. The topological polar surface area (TPSA) is 29.5 Å². The number of benzene rings is 1. The zero-order valence-corrected chi connectivity index (χ0v) is 14.3. The number of rotatable bonds is 5. The van der Waals surface area contributed by atoms with E-state index >= 15 is 0 Å². The fraction of sp³-hybridized carbons (Fsp3) is 0.632.